The number of hydrogen-bond acceptors (Lipinski definition) is 4. The van der Waals surface area contributed by atoms with E-state index in [2.05, 4.69) is 10.3 Å². The number of rotatable bonds is 2. The smallest absolute Gasteiger partial charge is 0.172 e. The summed E-state index contributed by atoms with van der Waals surface area (Å²) in [4.78, 5) is 0. The van der Waals surface area contributed by atoms with Crippen LogP contribution in [0.1, 0.15) is 5.56 Å². The van der Waals surface area contributed by atoms with Crippen LogP contribution < -0.4 is 5.73 Å². The van der Waals surface area contributed by atoms with Crippen molar-refractivity contribution in [2.75, 3.05) is 5.73 Å². The highest BCUT2D eigenvalue weighted by Crippen LogP contribution is 2.28. The Balaban J connectivity index is 2.15. The lowest BCUT2D eigenvalue weighted by Crippen LogP contribution is -2.04. The predicted octanol–water partition coefficient (Wildman–Crippen LogP) is 3.07. The molecule has 2 N–H and O–H groups in total. The Morgan fingerprint density at radius 2 is 2.11 bits per heavy atom. The van der Waals surface area contributed by atoms with Crippen LogP contribution in [0, 0.1) is 6.92 Å². The number of anilines is 1. The first kappa shape index (κ1) is 11.8. The predicted molar refractivity (Wildman–Crippen MR) is 73.2 cm³/mol. The third-order valence-corrected chi connectivity index (χ3v) is 3.34. The van der Waals surface area contributed by atoms with E-state index in [-0.39, 0.29) is 0 Å². The van der Waals surface area contributed by atoms with Crippen molar-refractivity contribution in [1.29, 1.82) is 0 Å². The maximum absolute atomic E-state index is 6.10. The lowest BCUT2D eigenvalue weighted by Gasteiger charge is -2.07. The largest absolute Gasteiger partial charge is 0.463 e. The van der Waals surface area contributed by atoms with Gasteiger partial charge in [-0.15, -0.1) is 5.10 Å². The van der Waals surface area contributed by atoms with Gasteiger partial charge in [0.1, 0.15) is 0 Å². The van der Waals surface area contributed by atoms with Gasteiger partial charge in [-0.1, -0.05) is 22.9 Å². The molecule has 5 nitrogen and oxygen atoms in total. The zero-order valence-corrected chi connectivity index (χ0v) is 10.9. The molecule has 0 saturated heterocycles. The molecule has 19 heavy (non-hydrogen) atoms. The first-order valence-corrected chi connectivity index (χ1v) is 6.07. The zero-order chi connectivity index (χ0) is 13.4. The van der Waals surface area contributed by atoms with Gasteiger partial charge in [0.15, 0.2) is 17.3 Å². The number of aromatic nitrogens is 3. The molecule has 6 heteroatoms. The molecule has 0 saturated carbocycles. The second kappa shape index (κ2) is 4.44. The van der Waals surface area contributed by atoms with E-state index in [4.69, 9.17) is 21.8 Å². The molecule has 3 aromatic rings. The van der Waals surface area contributed by atoms with Crippen LogP contribution in [-0.4, -0.2) is 15.0 Å². The van der Waals surface area contributed by atoms with Gasteiger partial charge in [0.25, 0.3) is 0 Å². The van der Waals surface area contributed by atoms with Crippen LogP contribution in [0.2, 0.25) is 5.02 Å². The van der Waals surface area contributed by atoms with Crippen molar-refractivity contribution in [3.05, 3.63) is 47.2 Å². The summed E-state index contributed by atoms with van der Waals surface area (Å²) in [6.07, 6.45) is 1.57. The zero-order valence-electron chi connectivity index (χ0n) is 10.2. The number of nitrogen functional groups attached to an aromatic ring is 1. The third kappa shape index (κ3) is 1.88. The highest BCUT2D eigenvalue weighted by Gasteiger charge is 2.16. The van der Waals surface area contributed by atoms with Gasteiger partial charge in [-0.3, -0.25) is 0 Å². The second-order valence-electron chi connectivity index (χ2n) is 4.10. The lowest BCUT2D eigenvalue weighted by atomic mass is 10.2. The van der Waals surface area contributed by atoms with Gasteiger partial charge in [0, 0.05) is 5.02 Å². The summed E-state index contributed by atoms with van der Waals surface area (Å²) in [5.41, 5.74) is 8.29. The highest BCUT2D eigenvalue weighted by molar-refractivity contribution is 6.31. The summed E-state index contributed by atoms with van der Waals surface area (Å²) < 4.78 is 6.84. The molecule has 0 aliphatic heterocycles. The molecule has 0 bridgehead atoms. The van der Waals surface area contributed by atoms with Crippen molar-refractivity contribution in [1.82, 2.24) is 15.0 Å². The molecule has 0 unspecified atom stereocenters. The van der Waals surface area contributed by atoms with Crippen molar-refractivity contribution < 1.29 is 4.42 Å². The van der Waals surface area contributed by atoms with Crippen molar-refractivity contribution in [2.45, 2.75) is 6.92 Å². The van der Waals surface area contributed by atoms with Crippen LogP contribution in [0.4, 0.5) is 5.82 Å². The van der Waals surface area contributed by atoms with Gasteiger partial charge in [0.05, 0.1) is 12.0 Å². The number of benzene rings is 1. The molecule has 2 aromatic heterocycles. The summed E-state index contributed by atoms with van der Waals surface area (Å²) >= 11 is 6.10. The van der Waals surface area contributed by atoms with E-state index >= 15 is 0 Å². The molecule has 0 atom stereocenters. The van der Waals surface area contributed by atoms with Crippen LogP contribution in [0.5, 0.6) is 0 Å². The van der Waals surface area contributed by atoms with Crippen LogP contribution in [0.15, 0.2) is 41.0 Å². The highest BCUT2D eigenvalue weighted by atomic mass is 35.5. The number of nitrogens with two attached hydrogens (primary N) is 1. The quantitative estimate of drug-likeness (QED) is 0.780. The molecule has 2 heterocycles. The van der Waals surface area contributed by atoms with Crippen molar-refractivity contribution in [3.8, 4) is 17.1 Å². The number of nitrogens with zero attached hydrogens (tertiary/aromatic N) is 3. The number of hydrogen-bond donors (Lipinski definition) is 1. The molecule has 96 valence electrons. The maximum atomic E-state index is 6.10. The van der Waals surface area contributed by atoms with Crippen LogP contribution in [0.3, 0.4) is 0 Å². The molecule has 0 aliphatic rings. The van der Waals surface area contributed by atoms with E-state index in [9.17, 15) is 0 Å². The van der Waals surface area contributed by atoms with Gasteiger partial charge < -0.3 is 10.2 Å². The topological polar surface area (TPSA) is 69.9 Å². The van der Waals surface area contributed by atoms with E-state index < -0.39 is 0 Å². The minimum atomic E-state index is 0.417. The summed E-state index contributed by atoms with van der Waals surface area (Å²) in [6.45, 7) is 1.91. The van der Waals surface area contributed by atoms with Crippen LogP contribution in [-0.2, 0) is 0 Å². The van der Waals surface area contributed by atoms with Gasteiger partial charge in [-0.2, -0.15) is 4.68 Å². The van der Waals surface area contributed by atoms with Gasteiger partial charge in [-0.05, 0) is 36.8 Å². The van der Waals surface area contributed by atoms with Crippen molar-refractivity contribution in [3.63, 3.8) is 0 Å². The molecule has 0 amide bonds. The monoisotopic (exact) mass is 274 g/mol. The second-order valence-corrected chi connectivity index (χ2v) is 4.50. The Hall–Kier alpha value is -2.27. The van der Waals surface area contributed by atoms with Gasteiger partial charge in [-0.25, -0.2) is 0 Å². The molecular weight excluding hydrogens is 264 g/mol. The Morgan fingerprint density at radius 3 is 2.84 bits per heavy atom. The molecular formula is C13H11ClN4O. The van der Waals surface area contributed by atoms with Crippen LogP contribution >= 0.6 is 11.6 Å². The first-order chi connectivity index (χ1) is 9.18. The lowest BCUT2D eigenvalue weighted by molar-refractivity contribution is 0.580. The number of furan rings is 1. The summed E-state index contributed by atoms with van der Waals surface area (Å²) in [5, 5.41) is 8.78. The molecule has 0 spiro atoms. The molecule has 3 rings (SSSR count). The van der Waals surface area contributed by atoms with Crippen LogP contribution in [0.25, 0.3) is 17.1 Å². The fourth-order valence-electron chi connectivity index (χ4n) is 1.88. The van der Waals surface area contributed by atoms with E-state index in [0.717, 1.165) is 11.3 Å². The molecule has 0 radical (unpaired) electrons. The minimum Gasteiger partial charge on any atom is -0.463 e. The maximum Gasteiger partial charge on any atom is 0.172 e. The fraction of sp³-hybridized carbons (Fsp3) is 0.0769. The fourth-order valence-corrected chi connectivity index (χ4v) is 2.05. The third-order valence-electron chi connectivity index (χ3n) is 2.93. The molecule has 0 aliphatic carbocycles. The van der Waals surface area contributed by atoms with E-state index in [1.54, 1.807) is 23.1 Å². The standard InChI is InChI=1S/C13H11ClN4O/c1-8-9(14)4-2-5-10(8)18-13(15)12(16-17-18)11-6-3-7-19-11/h2-7H,15H2,1H3. The van der Waals surface area contributed by atoms with Crippen molar-refractivity contribution >= 4 is 17.4 Å². The average molecular weight is 275 g/mol. The normalized spacial score (nSPS) is 10.8. The summed E-state index contributed by atoms with van der Waals surface area (Å²) in [6, 6.07) is 9.12. The SMILES string of the molecule is Cc1c(Cl)cccc1-n1nnc(-c2ccco2)c1N. The molecule has 1 aromatic carbocycles. The minimum absolute atomic E-state index is 0.417. The van der Waals surface area contributed by atoms with Crippen molar-refractivity contribution in [2.24, 2.45) is 0 Å². The Morgan fingerprint density at radius 1 is 1.26 bits per heavy atom. The average Bonchev–Trinajstić information content (AvgIpc) is 3.02. The Kier molecular flexibility index (Phi) is 2.76. The Labute approximate surface area is 114 Å². The van der Waals surface area contributed by atoms with E-state index in [0.29, 0.717) is 22.3 Å². The first-order valence-electron chi connectivity index (χ1n) is 5.69. The summed E-state index contributed by atoms with van der Waals surface area (Å²) in [7, 11) is 0. The Bertz CT molecular complexity index is 718. The van der Waals surface area contributed by atoms with E-state index in [1.807, 2.05) is 25.1 Å². The number of halogens is 1. The summed E-state index contributed by atoms with van der Waals surface area (Å²) in [5.74, 6) is 1.00. The van der Waals surface area contributed by atoms with Gasteiger partial charge in [0.2, 0.25) is 0 Å². The van der Waals surface area contributed by atoms with E-state index in [1.165, 1.54) is 0 Å². The molecule has 0 fully saturated rings. The van der Waals surface area contributed by atoms with Gasteiger partial charge >= 0.3 is 0 Å².